The van der Waals surface area contributed by atoms with Crippen molar-refractivity contribution in [3.05, 3.63) is 17.8 Å². The van der Waals surface area contributed by atoms with Crippen LogP contribution < -0.4 is 10.6 Å². The van der Waals surface area contributed by atoms with Crippen LogP contribution in [-0.4, -0.2) is 29.8 Å². The molecule has 0 amide bonds. The lowest BCUT2D eigenvalue weighted by Gasteiger charge is -2.19. The zero-order valence-corrected chi connectivity index (χ0v) is 8.93. The highest BCUT2D eigenvalue weighted by atomic mass is 15.3. The Morgan fingerprint density at radius 2 is 2.07 bits per heavy atom. The zero-order chi connectivity index (χ0) is 10.4. The Morgan fingerprint density at radius 1 is 1.33 bits per heavy atom. The third kappa shape index (κ3) is 1.40. The van der Waals surface area contributed by atoms with Crippen molar-refractivity contribution < 1.29 is 0 Å². The monoisotopic (exact) mass is 204 g/mol. The minimum absolute atomic E-state index is 0.777. The molecule has 0 radical (unpaired) electrons. The minimum Gasteiger partial charge on any atom is -0.355 e. The highest BCUT2D eigenvalue weighted by Crippen LogP contribution is 2.51. The number of hydrogen-bond acceptors (Lipinski definition) is 4. The summed E-state index contributed by atoms with van der Waals surface area (Å²) in [5.41, 5.74) is 6.66. The summed E-state index contributed by atoms with van der Waals surface area (Å²) >= 11 is 0. The van der Waals surface area contributed by atoms with Crippen LogP contribution in [0.3, 0.4) is 0 Å². The number of hydrogen-bond donors (Lipinski definition) is 1. The van der Waals surface area contributed by atoms with E-state index < -0.39 is 0 Å². The number of piperidine rings is 1. The van der Waals surface area contributed by atoms with E-state index in [9.17, 15) is 0 Å². The fourth-order valence-corrected chi connectivity index (χ4v) is 2.75. The third-order valence-electron chi connectivity index (χ3n) is 3.75. The number of nitrogens with two attached hydrogens (primary N) is 1. The summed E-state index contributed by atoms with van der Waals surface area (Å²) in [6, 6.07) is 4.08. The summed E-state index contributed by atoms with van der Waals surface area (Å²) in [6.07, 6.45) is 0. The lowest BCUT2D eigenvalue weighted by molar-refractivity contribution is 0.641. The second-order valence-corrected chi connectivity index (χ2v) is 4.67. The first-order chi connectivity index (χ1) is 7.29. The number of fused-ring (bicyclic) bond motifs is 1. The summed E-state index contributed by atoms with van der Waals surface area (Å²) in [4.78, 5) is 2.33. The molecule has 0 aromatic carbocycles. The molecule has 2 unspecified atom stereocenters. The highest BCUT2D eigenvalue weighted by Gasteiger charge is 2.54. The van der Waals surface area contributed by atoms with E-state index in [0.717, 1.165) is 48.9 Å². The molecule has 3 rings (SSSR count). The molecule has 4 heteroatoms. The Bertz CT molecular complexity index is 349. The maximum atomic E-state index is 5.68. The van der Waals surface area contributed by atoms with E-state index in [0.29, 0.717) is 0 Å². The van der Waals surface area contributed by atoms with E-state index in [4.69, 9.17) is 5.73 Å². The first-order valence-electron chi connectivity index (χ1n) is 5.55. The Balaban J connectivity index is 1.69. The Morgan fingerprint density at radius 3 is 2.60 bits per heavy atom. The molecule has 2 aliphatic rings. The number of aryl methyl sites for hydroxylation is 1. The SMILES string of the molecule is Cc1ccc(N2CC3C(CN)C3C2)nn1. The van der Waals surface area contributed by atoms with Gasteiger partial charge in [0.25, 0.3) is 0 Å². The van der Waals surface area contributed by atoms with Gasteiger partial charge in [0.05, 0.1) is 5.69 Å². The van der Waals surface area contributed by atoms with Crippen LogP contribution in [0.25, 0.3) is 0 Å². The molecule has 1 saturated heterocycles. The number of nitrogens with zero attached hydrogens (tertiary/aromatic N) is 3. The molecular formula is C11H16N4. The number of aromatic nitrogens is 2. The smallest absolute Gasteiger partial charge is 0.151 e. The van der Waals surface area contributed by atoms with Gasteiger partial charge in [0, 0.05) is 13.1 Å². The normalized spacial score (nSPS) is 32.9. The van der Waals surface area contributed by atoms with Gasteiger partial charge in [-0.1, -0.05) is 0 Å². The molecule has 2 atom stereocenters. The van der Waals surface area contributed by atoms with Crippen molar-refractivity contribution in [2.24, 2.45) is 23.5 Å². The van der Waals surface area contributed by atoms with E-state index in [1.165, 1.54) is 0 Å². The second-order valence-electron chi connectivity index (χ2n) is 4.67. The van der Waals surface area contributed by atoms with Gasteiger partial charge in [0.1, 0.15) is 0 Å². The van der Waals surface area contributed by atoms with Crippen molar-refractivity contribution in [1.82, 2.24) is 10.2 Å². The molecule has 80 valence electrons. The van der Waals surface area contributed by atoms with Gasteiger partial charge in [-0.2, -0.15) is 5.10 Å². The summed E-state index contributed by atoms with van der Waals surface area (Å²) in [5, 5.41) is 8.30. The minimum atomic E-state index is 0.777. The van der Waals surface area contributed by atoms with E-state index in [1.807, 2.05) is 13.0 Å². The average molecular weight is 204 g/mol. The molecule has 4 nitrogen and oxygen atoms in total. The van der Waals surface area contributed by atoms with Crippen LogP contribution >= 0.6 is 0 Å². The van der Waals surface area contributed by atoms with Crippen LogP contribution in [0.1, 0.15) is 5.69 Å². The van der Waals surface area contributed by atoms with Gasteiger partial charge >= 0.3 is 0 Å². The van der Waals surface area contributed by atoms with Crippen LogP contribution in [0.5, 0.6) is 0 Å². The maximum absolute atomic E-state index is 5.68. The molecule has 1 aliphatic carbocycles. The molecule has 1 saturated carbocycles. The van der Waals surface area contributed by atoms with Crippen molar-refractivity contribution in [1.29, 1.82) is 0 Å². The molecule has 2 N–H and O–H groups in total. The average Bonchev–Trinajstić information content (AvgIpc) is 2.72. The predicted octanol–water partition coefficient (Wildman–Crippen LogP) is 0.426. The van der Waals surface area contributed by atoms with Crippen LogP contribution in [0.15, 0.2) is 12.1 Å². The number of rotatable bonds is 2. The third-order valence-corrected chi connectivity index (χ3v) is 3.75. The molecule has 0 spiro atoms. The van der Waals surface area contributed by atoms with E-state index in [-0.39, 0.29) is 0 Å². The molecule has 1 aromatic heterocycles. The molecule has 2 heterocycles. The lowest BCUT2D eigenvalue weighted by atomic mass is 10.2. The van der Waals surface area contributed by atoms with E-state index in [2.05, 4.69) is 21.2 Å². The topological polar surface area (TPSA) is 55.0 Å². The molecular weight excluding hydrogens is 188 g/mol. The fraction of sp³-hybridized carbons (Fsp3) is 0.636. The maximum Gasteiger partial charge on any atom is 0.151 e. The molecule has 0 bridgehead atoms. The van der Waals surface area contributed by atoms with Crippen molar-refractivity contribution in [3.63, 3.8) is 0 Å². The number of anilines is 1. The van der Waals surface area contributed by atoms with Gasteiger partial charge in [-0.05, 0) is 43.4 Å². The van der Waals surface area contributed by atoms with Crippen LogP contribution in [0, 0.1) is 24.7 Å². The predicted molar refractivity (Wildman–Crippen MR) is 58.5 cm³/mol. The summed E-state index contributed by atoms with van der Waals surface area (Å²) in [5.74, 6) is 3.43. The van der Waals surface area contributed by atoms with Crippen molar-refractivity contribution in [2.45, 2.75) is 6.92 Å². The first-order valence-corrected chi connectivity index (χ1v) is 5.55. The first kappa shape index (κ1) is 9.09. The van der Waals surface area contributed by atoms with Gasteiger partial charge in [-0.3, -0.25) is 0 Å². The van der Waals surface area contributed by atoms with E-state index >= 15 is 0 Å². The van der Waals surface area contributed by atoms with Crippen molar-refractivity contribution in [2.75, 3.05) is 24.5 Å². The Hall–Kier alpha value is -1.16. The van der Waals surface area contributed by atoms with Gasteiger partial charge in [0.2, 0.25) is 0 Å². The summed E-state index contributed by atoms with van der Waals surface area (Å²) in [7, 11) is 0. The lowest BCUT2D eigenvalue weighted by Crippen LogP contribution is -2.26. The second kappa shape index (κ2) is 3.17. The van der Waals surface area contributed by atoms with Crippen LogP contribution in [0.4, 0.5) is 5.82 Å². The standard InChI is InChI=1S/C11H16N4/c1-7-2-3-11(14-13-7)15-5-9-8(4-12)10(9)6-15/h2-3,8-10H,4-6,12H2,1H3. The van der Waals surface area contributed by atoms with Crippen molar-refractivity contribution in [3.8, 4) is 0 Å². The largest absolute Gasteiger partial charge is 0.355 e. The quantitative estimate of drug-likeness (QED) is 0.759. The fourth-order valence-electron chi connectivity index (χ4n) is 2.75. The Kier molecular flexibility index (Phi) is 1.92. The summed E-state index contributed by atoms with van der Waals surface area (Å²) < 4.78 is 0. The molecule has 1 aromatic rings. The van der Waals surface area contributed by atoms with Gasteiger partial charge < -0.3 is 10.6 Å². The molecule has 15 heavy (non-hydrogen) atoms. The van der Waals surface area contributed by atoms with Gasteiger partial charge in [-0.25, -0.2) is 0 Å². The van der Waals surface area contributed by atoms with Crippen molar-refractivity contribution >= 4 is 5.82 Å². The van der Waals surface area contributed by atoms with Crippen LogP contribution in [-0.2, 0) is 0 Å². The van der Waals surface area contributed by atoms with Crippen LogP contribution in [0.2, 0.25) is 0 Å². The molecule has 1 aliphatic heterocycles. The van der Waals surface area contributed by atoms with Gasteiger partial charge in [0.15, 0.2) is 5.82 Å². The van der Waals surface area contributed by atoms with E-state index in [1.54, 1.807) is 0 Å². The zero-order valence-electron chi connectivity index (χ0n) is 8.93. The Labute approximate surface area is 89.5 Å². The highest BCUT2D eigenvalue weighted by molar-refractivity contribution is 5.41. The summed E-state index contributed by atoms with van der Waals surface area (Å²) in [6.45, 7) is 5.04. The van der Waals surface area contributed by atoms with Gasteiger partial charge in [-0.15, -0.1) is 5.10 Å². The molecule has 2 fully saturated rings.